The van der Waals surface area contributed by atoms with Crippen molar-refractivity contribution < 1.29 is 4.74 Å². The zero-order valence-corrected chi connectivity index (χ0v) is 13.2. The normalized spacial score (nSPS) is 22.2. The predicted octanol–water partition coefficient (Wildman–Crippen LogP) is 1.85. The van der Waals surface area contributed by atoms with Crippen LogP contribution in [-0.4, -0.2) is 47.7 Å². The first-order valence-electron chi connectivity index (χ1n) is 7.39. The highest BCUT2D eigenvalue weighted by molar-refractivity contribution is 5.20. The SMILES string of the molecule is CNC(C)c1cnc(C2CN(C(C)C)CCO2)nc1C. The lowest BCUT2D eigenvalue weighted by molar-refractivity contribution is -0.0443. The summed E-state index contributed by atoms with van der Waals surface area (Å²) in [6.07, 6.45) is 1.92. The van der Waals surface area contributed by atoms with E-state index in [0.29, 0.717) is 6.04 Å². The quantitative estimate of drug-likeness (QED) is 0.911. The Morgan fingerprint density at radius 3 is 2.75 bits per heavy atom. The van der Waals surface area contributed by atoms with Gasteiger partial charge in [0.05, 0.1) is 6.61 Å². The van der Waals surface area contributed by atoms with Crippen LogP contribution in [0.25, 0.3) is 0 Å². The summed E-state index contributed by atoms with van der Waals surface area (Å²) in [5.41, 5.74) is 2.18. The largest absolute Gasteiger partial charge is 0.368 e. The molecule has 1 aliphatic heterocycles. The molecule has 2 unspecified atom stereocenters. The lowest BCUT2D eigenvalue weighted by atomic mass is 10.1. The average molecular weight is 278 g/mol. The Balaban J connectivity index is 2.15. The van der Waals surface area contributed by atoms with Crippen LogP contribution in [0, 0.1) is 6.92 Å². The van der Waals surface area contributed by atoms with Gasteiger partial charge < -0.3 is 10.1 Å². The van der Waals surface area contributed by atoms with E-state index in [1.165, 1.54) is 0 Å². The van der Waals surface area contributed by atoms with Gasteiger partial charge in [0.15, 0.2) is 5.82 Å². The number of aromatic nitrogens is 2. The number of ether oxygens (including phenoxy) is 1. The molecule has 1 aromatic heterocycles. The smallest absolute Gasteiger partial charge is 0.158 e. The number of morpholine rings is 1. The van der Waals surface area contributed by atoms with Crippen molar-refractivity contribution in [1.29, 1.82) is 0 Å². The van der Waals surface area contributed by atoms with Crippen LogP contribution in [0.15, 0.2) is 6.20 Å². The van der Waals surface area contributed by atoms with Crippen LogP contribution in [0.2, 0.25) is 0 Å². The van der Waals surface area contributed by atoms with Crippen LogP contribution in [-0.2, 0) is 4.74 Å². The summed E-state index contributed by atoms with van der Waals surface area (Å²) in [6.45, 7) is 11.2. The Morgan fingerprint density at radius 1 is 1.40 bits per heavy atom. The molecule has 0 radical (unpaired) electrons. The molecule has 1 N–H and O–H groups in total. The van der Waals surface area contributed by atoms with E-state index in [1.807, 2.05) is 20.2 Å². The molecule has 1 aromatic rings. The molecule has 5 heteroatoms. The van der Waals surface area contributed by atoms with Crippen molar-refractivity contribution in [2.45, 2.75) is 45.9 Å². The number of rotatable bonds is 4. The van der Waals surface area contributed by atoms with Crippen LogP contribution < -0.4 is 5.32 Å². The van der Waals surface area contributed by atoms with Gasteiger partial charge in [-0.25, -0.2) is 9.97 Å². The summed E-state index contributed by atoms with van der Waals surface area (Å²) in [7, 11) is 1.95. The van der Waals surface area contributed by atoms with E-state index < -0.39 is 0 Å². The molecule has 0 aliphatic carbocycles. The number of aryl methyl sites for hydroxylation is 1. The lowest BCUT2D eigenvalue weighted by Crippen LogP contribution is -2.42. The van der Waals surface area contributed by atoms with Gasteiger partial charge in [0, 0.05) is 42.6 Å². The maximum absolute atomic E-state index is 5.84. The van der Waals surface area contributed by atoms with Crippen molar-refractivity contribution in [3.63, 3.8) is 0 Å². The van der Waals surface area contributed by atoms with Crippen molar-refractivity contribution in [2.75, 3.05) is 26.7 Å². The zero-order chi connectivity index (χ0) is 14.7. The standard InChI is InChI=1S/C15H26N4O/c1-10(2)19-6-7-20-14(9-19)15-17-8-13(11(3)16-5)12(4)18-15/h8,10-11,14,16H,6-7,9H2,1-5H3. The summed E-state index contributed by atoms with van der Waals surface area (Å²) < 4.78 is 5.84. The van der Waals surface area contributed by atoms with E-state index in [1.54, 1.807) is 0 Å². The second-order valence-electron chi connectivity index (χ2n) is 5.73. The molecular weight excluding hydrogens is 252 g/mol. The van der Waals surface area contributed by atoms with E-state index in [-0.39, 0.29) is 12.1 Å². The van der Waals surface area contributed by atoms with Crippen LogP contribution in [0.1, 0.15) is 50.0 Å². The minimum Gasteiger partial charge on any atom is -0.368 e. The molecule has 0 aromatic carbocycles. The van der Waals surface area contributed by atoms with E-state index in [2.05, 4.69) is 41.0 Å². The van der Waals surface area contributed by atoms with E-state index in [9.17, 15) is 0 Å². The van der Waals surface area contributed by atoms with Gasteiger partial charge in [-0.1, -0.05) is 0 Å². The number of nitrogens with one attached hydrogen (secondary N) is 1. The van der Waals surface area contributed by atoms with Gasteiger partial charge in [0.25, 0.3) is 0 Å². The second-order valence-corrected chi connectivity index (χ2v) is 5.73. The molecule has 1 fully saturated rings. The maximum atomic E-state index is 5.84. The van der Waals surface area contributed by atoms with Gasteiger partial charge in [-0.05, 0) is 34.7 Å². The summed E-state index contributed by atoms with van der Waals surface area (Å²) in [6, 6.07) is 0.801. The summed E-state index contributed by atoms with van der Waals surface area (Å²) in [4.78, 5) is 11.6. The molecule has 0 amide bonds. The highest BCUT2D eigenvalue weighted by Crippen LogP contribution is 2.22. The van der Waals surface area contributed by atoms with Crippen molar-refractivity contribution in [3.8, 4) is 0 Å². The Labute approximate surface area is 121 Å². The van der Waals surface area contributed by atoms with Crippen molar-refractivity contribution in [2.24, 2.45) is 0 Å². The van der Waals surface area contributed by atoms with E-state index in [0.717, 1.165) is 36.8 Å². The third kappa shape index (κ3) is 3.34. The lowest BCUT2D eigenvalue weighted by Gasteiger charge is -2.34. The van der Waals surface area contributed by atoms with Gasteiger partial charge in [-0.2, -0.15) is 0 Å². The van der Waals surface area contributed by atoms with Gasteiger partial charge in [0.2, 0.25) is 0 Å². The molecule has 0 spiro atoms. The van der Waals surface area contributed by atoms with Crippen molar-refractivity contribution in [3.05, 3.63) is 23.3 Å². The predicted molar refractivity (Wildman–Crippen MR) is 79.6 cm³/mol. The zero-order valence-electron chi connectivity index (χ0n) is 13.2. The topological polar surface area (TPSA) is 50.3 Å². The van der Waals surface area contributed by atoms with Gasteiger partial charge in [-0.15, -0.1) is 0 Å². The van der Waals surface area contributed by atoms with Crippen molar-refractivity contribution in [1.82, 2.24) is 20.2 Å². The third-order valence-corrected chi connectivity index (χ3v) is 4.05. The molecule has 2 rings (SSSR count). The monoisotopic (exact) mass is 278 g/mol. The van der Waals surface area contributed by atoms with E-state index in [4.69, 9.17) is 4.74 Å². The molecule has 2 heterocycles. The second kappa shape index (κ2) is 6.61. The Kier molecular flexibility index (Phi) is 5.07. The maximum Gasteiger partial charge on any atom is 0.158 e. The van der Waals surface area contributed by atoms with Crippen LogP contribution in [0.3, 0.4) is 0 Å². The highest BCUT2D eigenvalue weighted by Gasteiger charge is 2.26. The molecular formula is C15H26N4O. The van der Waals surface area contributed by atoms with Crippen molar-refractivity contribution >= 4 is 0 Å². The number of hydrogen-bond donors (Lipinski definition) is 1. The first-order chi connectivity index (χ1) is 9.52. The summed E-state index contributed by atoms with van der Waals surface area (Å²) in [5, 5.41) is 3.22. The highest BCUT2D eigenvalue weighted by atomic mass is 16.5. The van der Waals surface area contributed by atoms with Gasteiger partial charge in [-0.3, -0.25) is 4.90 Å². The Hall–Kier alpha value is -1.04. The van der Waals surface area contributed by atoms with Crippen LogP contribution in [0.5, 0.6) is 0 Å². The summed E-state index contributed by atoms with van der Waals surface area (Å²) >= 11 is 0. The minimum absolute atomic E-state index is 0.0104. The number of nitrogens with zero attached hydrogens (tertiary/aromatic N) is 3. The Morgan fingerprint density at radius 2 is 2.15 bits per heavy atom. The fourth-order valence-corrected chi connectivity index (χ4v) is 2.52. The molecule has 112 valence electrons. The average Bonchev–Trinajstić information content (AvgIpc) is 2.46. The third-order valence-electron chi connectivity index (χ3n) is 4.05. The van der Waals surface area contributed by atoms with Crippen LogP contribution >= 0.6 is 0 Å². The fraction of sp³-hybridized carbons (Fsp3) is 0.733. The number of hydrogen-bond acceptors (Lipinski definition) is 5. The molecule has 20 heavy (non-hydrogen) atoms. The fourth-order valence-electron chi connectivity index (χ4n) is 2.52. The molecule has 1 saturated heterocycles. The molecule has 0 saturated carbocycles. The van der Waals surface area contributed by atoms with Gasteiger partial charge in [0.1, 0.15) is 6.10 Å². The molecule has 5 nitrogen and oxygen atoms in total. The first-order valence-corrected chi connectivity index (χ1v) is 7.39. The minimum atomic E-state index is -0.0104. The van der Waals surface area contributed by atoms with Gasteiger partial charge >= 0.3 is 0 Å². The Bertz CT molecular complexity index is 449. The molecule has 1 aliphatic rings. The molecule has 0 bridgehead atoms. The van der Waals surface area contributed by atoms with Crippen LogP contribution in [0.4, 0.5) is 0 Å². The first kappa shape index (κ1) is 15.4. The van der Waals surface area contributed by atoms with E-state index >= 15 is 0 Å². The molecule has 2 atom stereocenters. The summed E-state index contributed by atoms with van der Waals surface area (Å²) in [5.74, 6) is 0.805.